The van der Waals surface area contributed by atoms with Gasteiger partial charge in [-0.15, -0.1) is 0 Å². The van der Waals surface area contributed by atoms with E-state index in [1.165, 1.54) is 49.8 Å². The molecule has 21 heavy (non-hydrogen) atoms. The highest BCUT2D eigenvalue weighted by Crippen LogP contribution is 2.34. The Morgan fingerprint density at radius 3 is 2.48 bits per heavy atom. The monoisotopic (exact) mass is 305 g/mol. The topological polar surface area (TPSA) is 12.0 Å². The molecule has 0 aliphatic heterocycles. The quantitative estimate of drug-likeness (QED) is 0.653. The number of hydrogen-bond donors (Lipinski definition) is 1. The van der Waals surface area contributed by atoms with Crippen LogP contribution in [0.25, 0.3) is 0 Å². The number of benzene rings is 1. The van der Waals surface area contributed by atoms with E-state index in [9.17, 15) is 0 Å². The first kappa shape index (κ1) is 16.9. The van der Waals surface area contributed by atoms with Crippen molar-refractivity contribution in [2.45, 2.75) is 63.7 Å². The first-order chi connectivity index (χ1) is 10.3. The molecule has 1 saturated carbocycles. The molecule has 1 aliphatic rings. The van der Waals surface area contributed by atoms with Gasteiger partial charge in [0.15, 0.2) is 0 Å². The molecule has 1 aromatic carbocycles. The number of hydrogen-bond acceptors (Lipinski definition) is 2. The summed E-state index contributed by atoms with van der Waals surface area (Å²) in [6.45, 7) is 5.71. The van der Waals surface area contributed by atoms with Gasteiger partial charge in [0.25, 0.3) is 0 Å². The lowest BCUT2D eigenvalue weighted by molar-refractivity contribution is 0.503. The molecule has 1 aromatic rings. The van der Waals surface area contributed by atoms with Crippen molar-refractivity contribution in [3.63, 3.8) is 0 Å². The molecule has 0 amide bonds. The van der Waals surface area contributed by atoms with Crippen molar-refractivity contribution in [1.29, 1.82) is 0 Å². The van der Waals surface area contributed by atoms with E-state index < -0.39 is 0 Å². The Labute approximate surface area is 135 Å². The van der Waals surface area contributed by atoms with Gasteiger partial charge in [0.2, 0.25) is 0 Å². The van der Waals surface area contributed by atoms with Crippen LogP contribution in [0.1, 0.15) is 64.0 Å². The summed E-state index contributed by atoms with van der Waals surface area (Å²) in [6, 6.07) is 11.5. The van der Waals surface area contributed by atoms with Crippen molar-refractivity contribution in [1.82, 2.24) is 5.32 Å². The van der Waals surface area contributed by atoms with Crippen molar-refractivity contribution in [2.24, 2.45) is 5.92 Å². The lowest BCUT2D eigenvalue weighted by Crippen LogP contribution is -2.31. The summed E-state index contributed by atoms with van der Waals surface area (Å²) < 4.78 is 0. The third kappa shape index (κ3) is 5.34. The summed E-state index contributed by atoms with van der Waals surface area (Å²) in [4.78, 5) is 0. The fourth-order valence-electron chi connectivity index (χ4n) is 3.31. The smallest absolute Gasteiger partial charge is 0.0440 e. The summed E-state index contributed by atoms with van der Waals surface area (Å²) in [5, 5.41) is 4.49. The average molecular weight is 306 g/mol. The fraction of sp³-hybridized carbons (Fsp3) is 0.684. The van der Waals surface area contributed by atoms with Crippen LogP contribution in [0, 0.1) is 5.92 Å². The van der Waals surface area contributed by atoms with Gasteiger partial charge in [-0.3, -0.25) is 0 Å². The maximum absolute atomic E-state index is 3.79. The second kappa shape index (κ2) is 9.53. The minimum atomic E-state index is 0.502. The van der Waals surface area contributed by atoms with Crippen LogP contribution in [-0.4, -0.2) is 17.5 Å². The van der Waals surface area contributed by atoms with Gasteiger partial charge >= 0.3 is 0 Å². The van der Waals surface area contributed by atoms with Gasteiger partial charge in [0.1, 0.15) is 0 Å². The van der Waals surface area contributed by atoms with Crippen LogP contribution in [0.5, 0.6) is 0 Å². The molecular formula is C19H31NS. The van der Waals surface area contributed by atoms with Crippen molar-refractivity contribution in [3.05, 3.63) is 35.9 Å². The number of nitrogens with one attached hydrogen (secondary N) is 1. The van der Waals surface area contributed by atoms with Gasteiger partial charge in [0, 0.05) is 11.3 Å². The molecule has 1 N–H and O–H groups in total. The van der Waals surface area contributed by atoms with E-state index in [4.69, 9.17) is 0 Å². The predicted molar refractivity (Wildman–Crippen MR) is 96.0 cm³/mol. The molecule has 1 fully saturated rings. The van der Waals surface area contributed by atoms with E-state index >= 15 is 0 Å². The third-order valence-electron chi connectivity index (χ3n) is 4.57. The predicted octanol–water partition coefficient (Wildman–Crippen LogP) is 5.43. The second-order valence-electron chi connectivity index (χ2n) is 6.27. The van der Waals surface area contributed by atoms with E-state index in [1.807, 2.05) is 0 Å². The Balaban J connectivity index is 1.97. The lowest BCUT2D eigenvalue weighted by atomic mass is 10.0. The summed E-state index contributed by atoms with van der Waals surface area (Å²) >= 11 is 2.21. The number of thioether (sulfide) groups is 1. The largest absolute Gasteiger partial charge is 0.309 e. The molecule has 2 rings (SSSR count). The molecule has 1 aliphatic carbocycles. The first-order valence-corrected chi connectivity index (χ1v) is 9.80. The van der Waals surface area contributed by atoms with Gasteiger partial charge in [-0.1, -0.05) is 57.0 Å². The van der Waals surface area contributed by atoms with Gasteiger partial charge in [-0.25, -0.2) is 0 Å². The molecule has 1 nitrogen and oxygen atoms in total. The van der Waals surface area contributed by atoms with E-state index in [2.05, 4.69) is 61.3 Å². The average Bonchev–Trinajstić information content (AvgIpc) is 3.05. The molecular weight excluding hydrogens is 274 g/mol. The molecule has 0 bridgehead atoms. The molecule has 0 aromatic heterocycles. The third-order valence-corrected chi connectivity index (χ3v) is 6.27. The molecule has 118 valence electrons. The van der Waals surface area contributed by atoms with Crippen LogP contribution in [-0.2, 0) is 0 Å². The van der Waals surface area contributed by atoms with Crippen molar-refractivity contribution < 1.29 is 0 Å². The highest BCUT2D eigenvalue weighted by molar-refractivity contribution is 7.99. The van der Waals surface area contributed by atoms with Crippen molar-refractivity contribution in [2.75, 3.05) is 12.3 Å². The first-order valence-electron chi connectivity index (χ1n) is 8.75. The van der Waals surface area contributed by atoms with Gasteiger partial charge in [-0.2, -0.15) is 11.8 Å². The van der Waals surface area contributed by atoms with Gasteiger partial charge < -0.3 is 5.32 Å². The van der Waals surface area contributed by atoms with Gasteiger partial charge in [0.05, 0.1) is 0 Å². The van der Waals surface area contributed by atoms with Crippen LogP contribution in [0.15, 0.2) is 30.3 Å². The Hall–Kier alpha value is -0.470. The number of rotatable bonds is 9. The summed E-state index contributed by atoms with van der Waals surface area (Å²) in [5.74, 6) is 2.34. The molecule has 2 heteroatoms. The summed E-state index contributed by atoms with van der Waals surface area (Å²) in [6.07, 6.45) is 8.28. The molecule has 2 unspecified atom stereocenters. The van der Waals surface area contributed by atoms with E-state index in [0.717, 1.165) is 12.5 Å². The zero-order valence-electron chi connectivity index (χ0n) is 13.7. The van der Waals surface area contributed by atoms with Crippen LogP contribution >= 0.6 is 11.8 Å². The Bertz CT molecular complexity index is 372. The zero-order chi connectivity index (χ0) is 14.9. The van der Waals surface area contributed by atoms with Crippen molar-refractivity contribution >= 4 is 11.8 Å². The lowest BCUT2D eigenvalue weighted by Gasteiger charge is -2.28. The molecule has 0 spiro atoms. The van der Waals surface area contributed by atoms with Crippen LogP contribution in [0.2, 0.25) is 0 Å². The maximum atomic E-state index is 3.79. The standard InChI is InChI=1S/C19H31NS/c1-3-14-20-19(17-12-6-5-7-13-17)18(4-2)21-15-16-10-8-9-11-16/h5-7,12-13,16,18-20H,3-4,8-11,14-15H2,1-2H3. The molecule has 0 radical (unpaired) electrons. The fourth-order valence-corrected chi connectivity index (χ4v) is 4.84. The van der Waals surface area contributed by atoms with E-state index in [0.29, 0.717) is 11.3 Å². The Morgan fingerprint density at radius 1 is 1.14 bits per heavy atom. The highest BCUT2D eigenvalue weighted by Gasteiger charge is 2.24. The Kier molecular flexibility index (Phi) is 7.66. The minimum Gasteiger partial charge on any atom is -0.309 e. The van der Waals surface area contributed by atoms with Crippen LogP contribution in [0.4, 0.5) is 0 Å². The van der Waals surface area contributed by atoms with E-state index in [-0.39, 0.29) is 0 Å². The molecule has 2 atom stereocenters. The normalized spacial score (nSPS) is 18.8. The molecule has 0 saturated heterocycles. The second-order valence-corrected chi connectivity index (χ2v) is 7.55. The van der Waals surface area contributed by atoms with Crippen LogP contribution < -0.4 is 5.32 Å². The SMILES string of the molecule is CCCNC(c1ccccc1)C(CC)SCC1CCCC1. The minimum absolute atomic E-state index is 0.502. The highest BCUT2D eigenvalue weighted by atomic mass is 32.2. The van der Waals surface area contributed by atoms with Crippen LogP contribution in [0.3, 0.4) is 0 Å². The van der Waals surface area contributed by atoms with Crippen molar-refractivity contribution in [3.8, 4) is 0 Å². The molecule has 0 heterocycles. The summed E-state index contributed by atoms with van der Waals surface area (Å²) in [7, 11) is 0. The summed E-state index contributed by atoms with van der Waals surface area (Å²) in [5.41, 5.74) is 1.46. The zero-order valence-corrected chi connectivity index (χ0v) is 14.5. The maximum Gasteiger partial charge on any atom is 0.0440 e. The van der Waals surface area contributed by atoms with E-state index in [1.54, 1.807) is 0 Å². The van der Waals surface area contributed by atoms with Gasteiger partial charge in [-0.05, 0) is 49.5 Å². The Morgan fingerprint density at radius 2 is 1.86 bits per heavy atom.